The first-order chi connectivity index (χ1) is 24.7. The van der Waals surface area contributed by atoms with Crippen LogP contribution in [0, 0.1) is 23.5 Å². The van der Waals surface area contributed by atoms with E-state index in [0.29, 0.717) is 22.5 Å². The number of amides is 1. The van der Waals surface area contributed by atoms with Gasteiger partial charge in [0.15, 0.2) is 5.82 Å². The number of benzene rings is 2. The van der Waals surface area contributed by atoms with Crippen LogP contribution in [0.5, 0.6) is 0 Å². The molecule has 0 radical (unpaired) electrons. The standard InChI is InChI=1S/C35H30F8N8O2/c1-33(2,53)8-7-24-45-15-22(20-5-4-6-21-29(20)50(3)49-32(21)44)27(47-24)23(13-17-11-18(36)14-19(37)12-17)46-25(52)16-51-30-26(28(48-51)31(38)39)34(40,41)9-10-35(30,42)43/h4-6,11-12,14-15,23,31,53H,9-10,13,16H2,1-3H3,(H2,44,49)(H,46,52). The molecule has 53 heavy (non-hydrogen) atoms. The Morgan fingerprint density at radius 3 is 2.38 bits per heavy atom. The van der Waals surface area contributed by atoms with Crippen LogP contribution in [0.1, 0.15) is 73.2 Å². The molecule has 0 saturated carbocycles. The van der Waals surface area contributed by atoms with Crippen molar-refractivity contribution >= 4 is 22.6 Å². The van der Waals surface area contributed by atoms with Crippen LogP contribution in [-0.4, -0.2) is 46.1 Å². The molecule has 10 nitrogen and oxygen atoms in total. The van der Waals surface area contributed by atoms with E-state index in [4.69, 9.17) is 5.73 Å². The summed E-state index contributed by atoms with van der Waals surface area (Å²) in [7, 11) is 1.61. The fourth-order valence-corrected chi connectivity index (χ4v) is 6.31. The van der Waals surface area contributed by atoms with Gasteiger partial charge in [-0.05, 0) is 50.0 Å². The van der Waals surface area contributed by atoms with Gasteiger partial charge in [-0.2, -0.15) is 19.0 Å². The molecule has 0 fully saturated rings. The zero-order valence-corrected chi connectivity index (χ0v) is 28.2. The lowest BCUT2D eigenvalue weighted by molar-refractivity contribution is -0.123. The number of anilines is 1. The van der Waals surface area contributed by atoms with Gasteiger partial charge in [-0.3, -0.25) is 14.2 Å². The molecular formula is C35H30F8N8O2. The molecule has 278 valence electrons. The Labute approximate surface area is 296 Å². The molecule has 1 aliphatic rings. The van der Waals surface area contributed by atoms with Crippen LogP contribution in [0.15, 0.2) is 42.6 Å². The highest BCUT2D eigenvalue weighted by atomic mass is 19.3. The third-order valence-corrected chi connectivity index (χ3v) is 8.45. The second-order valence-electron chi connectivity index (χ2n) is 13.1. The Morgan fingerprint density at radius 1 is 1.04 bits per heavy atom. The van der Waals surface area contributed by atoms with Gasteiger partial charge in [0.1, 0.15) is 35.2 Å². The monoisotopic (exact) mass is 746 g/mol. The maximum Gasteiger partial charge on any atom is 0.290 e. The molecule has 18 heteroatoms. The van der Waals surface area contributed by atoms with Gasteiger partial charge in [0, 0.05) is 48.7 Å². The highest BCUT2D eigenvalue weighted by molar-refractivity contribution is 6.00. The van der Waals surface area contributed by atoms with E-state index in [1.165, 1.54) is 24.7 Å². The average molecular weight is 747 g/mol. The minimum absolute atomic E-state index is 0.00731. The fourth-order valence-electron chi connectivity index (χ4n) is 6.31. The maximum atomic E-state index is 15.1. The summed E-state index contributed by atoms with van der Waals surface area (Å²) >= 11 is 0. The summed E-state index contributed by atoms with van der Waals surface area (Å²) < 4.78 is 118. The molecule has 0 spiro atoms. The molecule has 5 aromatic rings. The van der Waals surface area contributed by atoms with Crippen molar-refractivity contribution in [3.63, 3.8) is 0 Å². The first-order valence-corrected chi connectivity index (χ1v) is 16.0. The number of alkyl halides is 6. The number of para-hydroxylation sites is 1. The Morgan fingerprint density at radius 2 is 1.72 bits per heavy atom. The highest BCUT2D eigenvalue weighted by Crippen LogP contribution is 2.52. The summed E-state index contributed by atoms with van der Waals surface area (Å²) in [5.41, 5.74) is 0.962. The number of nitrogen functional groups attached to an aromatic ring is 1. The number of carbonyl (C=O) groups is 1. The van der Waals surface area contributed by atoms with Crippen molar-refractivity contribution in [2.24, 2.45) is 7.05 Å². The molecule has 0 bridgehead atoms. The van der Waals surface area contributed by atoms with Crippen LogP contribution in [0.25, 0.3) is 22.0 Å². The number of aromatic nitrogens is 6. The lowest BCUT2D eigenvalue weighted by Gasteiger charge is -2.29. The zero-order valence-electron chi connectivity index (χ0n) is 28.2. The number of rotatable bonds is 8. The summed E-state index contributed by atoms with van der Waals surface area (Å²) in [6.07, 6.45) is -5.54. The van der Waals surface area contributed by atoms with E-state index in [-0.39, 0.29) is 33.1 Å². The van der Waals surface area contributed by atoms with Gasteiger partial charge in [0.25, 0.3) is 18.3 Å². The summed E-state index contributed by atoms with van der Waals surface area (Å²) in [4.78, 5) is 22.6. The lowest BCUT2D eigenvalue weighted by Crippen LogP contribution is -2.37. The maximum absolute atomic E-state index is 15.1. The van der Waals surface area contributed by atoms with Crippen molar-refractivity contribution in [1.82, 2.24) is 34.8 Å². The molecule has 2 aromatic carbocycles. The topological polar surface area (TPSA) is 137 Å². The predicted octanol–water partition coefficient (Wildman–Crippen LogP) is 6.22. The van der Waals surface area contributed by atoms with Crippen LogP contribution >= 0.6 is 0 Å². The van der Waals surface area contributed by atoms with Gasteiger partial charge >= 0.3 is 0 Å². The molecule has 1 aliphatic carbocycles. The summed E-state index contributed by atoms with van der Waals surface area (Å²) in [6.45, 7) is 1.57. The Bertz CT molecular complexity index is 2280. The number of hydrogen-bond donors (Lipinski definition) is 3. The summed E-state index contributed by atoms with van der Waals surface area (Å²) in [5.74, 6) is -6.05. The molecular weight excluding hydrogens is 716 g/mol. The van der Waals surface area contributed by atoms with Crippen LogP contribution in [0.3, 0.4) is 0 Å². The van der Waals surface area contributed by atoms with Crippen LogP contribution in [0.4, 0.5) is 40.9 Å². The van der Waals surface area contributed by atoms with Crippen LogP contribution in [-0.2, 0) is 36.7 Å². The molecule has 1 unspecified atom stereocenters. The third-order valence-electron chi connectivity index (χ3n) is 8.45. The predicted molar refractivity (Wildman–Crippen MR) is 174 cm³/mol. The number of aryl methyl sites for hydroxylation is 1. The van der Waals surface area contributed by atoms with Gasteiger partial charge in [0.2, 0.25) is 11.7 Å². The smallest absolute Gasteiger partial charge is 0.290 e. The second-order valence-corrected chi connectivity index (χ2v) is 13.1. The zero-order chi connectivity index (χ0) is 38.6. The molecule has 0 saturated heterocycles. The third kappa shape index (κ3) is 7.52. The number of halogens is 8. The largest absolute Gasteiger partial charge is 0.382 e. The van der Waals surface area contributed by atoms with Crippen LogP contribution in [0.2, 0.25) is 0 Å². The number of hydrogen-bond acceptors (Lipinski definition) is 7. The molecule has 0 aliphatic heterocycles. The first kappa shape index (κ1) is 37.2. The van der Waals surface area contributed by atoms with Gasteiger partial charge in [-0.15, -0.1) is 0 Å². The van der Waals surface area contributed by atoms with Gasteiger partial charge in [0.05, 0.1) is 22.8 Å². The average Bonchev–Trinajstić information content (AvgIpc) is 3.59. The Balaban J connectivity index is 1.51. The van der Waals surface area contributed by atoms with Gasteiger partial charge < -0.3 is 16.2 Å². The highest BCUT2D eigenvalue weighted by Gasteiger charge is 2.55. The second kappa shape index (κ2) is 13.4. The lowest BCUT2D eigenvalue weighted by atomic mass is 9.89. The SMILES string of the molecule is Cn1nc(N)c2cccc(-c3cnc(C#CC(C)(C)O)nc3C(Cc3cc(F)cc(F)c3)NC(=O)Cn3nc(C(F)F)c4c3C(F)(F)CCC4(F)F)c21. The number of nitrogens with one attached hydrogen (secondary N) is 1. The molecule has 1 atom stereocenters. The van der Waals surface area contributed by atoms with E-state index in [1.54, 1.807) is 25.2 Å². The van der Waals surface area contributed by atoms with E-state index in [9.17, 15) is 36.2 Å². The van der Waals surface area contributed by atoms with Crippen molar-refractivity contribution in [2.75, 3.05) is 5.73 Å². The van der Waals surface area contributed by atoms with E-state index in [1.807, 2.05) is 0 Å². The molecule has 6 rings (SSSR count). The van der Waals surface area contributed by atoms with Crippen molar-refractivity contribution < 1.29 is 45.0 Å². The Kier molecular flexibility index (Phi) is 9.43. The van der Waals surface area contributed by atoms with Gasteiger partial charge in [-0.1, -0.05) is 18.1 Å². The fraction of sp³-hybridized carbons (Fsp3) is 0.343. The Hall–Kier alpha value is -5.57. The van der Waals surface area contributed by atoms with E-state index in [2.05, 4.69) is 37.3 Å². The minimum atomic E-state index is -4.08. The van der Waals surface area contributed by atoms with Crippen molar-refractivity contribution in [2.45, 2.75) is 69.6 Å². The number of carbonyl (C=O) groups excluding carboxylic acids is 1. The van der Waals surface area contributed by atoms with E-state index in [0.717, 1.165) is 12.1 Å². The molecule has 3 heterocycles. The van der Waals surface area contributed by atoms with Crippen molar-refractivity contribution in [1.29, 1.82) is 0 Å². The normalized spacial score (nSPS) is 15.6. The quantitative estimate of drug-likeness (QED) is 0.127. The molecule has 3 aromatic heterocycles. The van der Waals surface area contributed by atoms with Gasteiger partial charge in [-0.25, -0.2) is 36.3 Å². The number of fused-ring (bicyclic) bond motifs is 2. The van der Waals surface area contributed by atoms with Crippen LogP contribution < -0.4 is 11.1 Å². The van der Waals surface area contributed by atoms with Crippen molar-refractivity contribution in [3.05, 3.63) is 88.3 Å². The first-order valence-electron chi connectivity index (χ1n) is 16.0. The minimum Gasteiger partial charge on any atom is -0.382 e. The molecule has 1 amide bonds. The number of aliphatic hydroxyl groups is 1. The summed E-state index contributed by atoms with van der Waals surface area (Å²) in [6, 6.07) is 6.16. The number of nitrogens with two attached hydrogens (primary N) is 1. The number of nitrogens with zero attached hydrogens (tertiary/aromatic N) is 6. The summed E-state index contributed by atoms with van der Waals surface area (Å²) in [5, 5.41) is 20.9. The van der Waals surface area contributed by atoms with Crippen molar-refractivity contribution in [3.8, 4) is 23.0 Å². The molecule has 4 N–H and O–H groups in total. The van der Waals surface area contributed by atoms with E-state index >= 15 is 8.78 Å². The van der Waals surface area contributed by atoms with E-state index < -0.39 is 90.2 Å².